The Hall–Kier alpha value is -3.39. The lowest BCUT2D eigenvalue weighted by Gasteiger charge is -2.10. The van der Waals surface area contributed by atoms with Crippen molar-refractivity contribution in [1.29, 1.82) is 0 Å². The molecule has 1 amide bonds. The van der Waals surface area contributed by atoms with Gasteiger partial charge in [-0.05, 0) is 36.6 Å². The number of aromatic nitrogens is 1. The lowest BCUT2D eigenvalue weighted by atomic mass is 9.97. The van der Waals surface area contributed by atoms with Crippen LogP contribution in [0.5, 0.6) is 0 Å². The highest BCUT2D eigenvalue weighted by atomic mass is 32.2. The number of hydrogen-bond donors (Lipinski definition) is 1. The van der Waals surface area contributed by atoms with Gasteiger partial charge in [-0.15, -0.1) is 11.8 Å². The second-order valence-electron chi connectivity index (χ2n) is 6.20. The molecule has 2 aromatic carbocycles. The number of carbonyl (C=O) groups is 2. The first-order valence-electron chi connectivity index (χ1n) is 8.86. The molecule has 0 aliphatic carbocycles. The smallest absolute Gasteiger partial charge is 0.283 e. The zero-order valence-electron chi connectivity index (χ0n) is 15.7. The van der Waals surface area contributed by atoms with Crippen LogP contribution < -0.4 is 5.32 Å². The lowest BCUT2D eigenvalue weighted by Crippen LogP contribution is -2.28. The third-order valence-corrected chi connectivity index (χ3v) is 5.16. The molecule has 0 spiro atoms. The van der Waals surface area contributed by atoms with Crippen molar-refractivity contribution in [3.8, 4) is 0 Å². The van der Waals surface area contributed by atoms with E-state index in [0.717, 1.165) is 0 Å². The van der Waals surface area contributed by atoms with E-state index in [1.54, 1.807) is 42.7 Å². The average Bonchev–Trinajstić information content (AvgIpc) is 3.26. The quantitative estimate of drug-likeness (QED) is 0.264. The molecule has 0 saturated carbocycles. The minimum Gasteiger partial charge on any atom is -0.353 e. The Kier molecular flexibility index (Phi) is 6.46. The Labute approximate surface area is 171 Å². The first kappa shape index (κ1) is 20.3. The summed E-state index contributed by atoms with van der Waals surface area (Å²) in [6.07, 6.45) is 5.53. The van der Waals surface area contributed by atoms with Gasteiger partial charge in [0, 0.05) is 42.7 Å². The Bertz CT molecular complexity index is 1050. The fraction of sp³-hybridized carbons (Fsp3) is 0.143. The van der Waals surface area contributed by atoms with Crippen molar-refractivity contribution in [2.45, 2.75) is 11.4 Å². The minimum atomic E-state index is -0.511. The van der Waals surface area contributed by atoms with E-state index >= 15 is 0 Å². The predicted octanol–water partition coefficient (Wildman–Crippen LogP) is 3.78. The van der Waals surface area contributed by atoms with Crippen LogP contribution in [0.1, 0.15) is 26.3 Å². The molecule has 0 aliphatic rings. The molecule has 3 rings (SSSR count). The molecule has 7 nitrogen and oxygen atoms in total. The summed E-state index contributed by atoms with van der Waals surface area (Å²) in [6, 6.07) is 14.6. The summed E-state index contributed by atoms with van der Waals surface area (Å²) in [5, 5.41) is 14.1. The third kappa shape index (κ3) is 4.72. The Balaban J connectivity index is 1.82. The zero-order valence-corrected chi connectivity index (χ0v) is 16.5. The van der Waals surface area contributed by atoms with Crippen LogP contribution in [-0.4, -0.2) is 34.0 Å². The molecule has 0 fully saturated rings. The number of rotatable bonds is 8. The topological polar surface area (TPSA) is 94.2 Å². The fourth-order valence-corrected chi connectivity index (χ4v) is 3.47. The molecule has 1 N–H and O–H groups in total. The van der Waals surface area contributed by atoms with E-state index in [9.17, 15) is 19.7 Å². The van der Waals surface area contributed by atoms with Gasteiger partial charge in [0.15, 0.2) is 5.78 Å². The van der Waals surface area contributed by atoms with Gasteiger partial charge < -0.3 is 9.88 Å². The molecule has 8 heteroatoms. The molecular formula is C21H19N3O4S. The number of ketones is 1. The van der Waals surface area contributed by atoms with E-state index in [1.165, 1.54) is 17.8 Å². The summed E-state index contributed by atoms with van der Waals surface area (Å²) in [5.74, 6) is -0.798. The first-order chi connectivity index (χ1) is 14.0. The van der Waals surface area contributed by atoms with Gasteiger partial charge in [-0.25, -0.2) is 0 Å². The van der Waals surface area contributed by atoms with Gasteiger partial charge in [0.25, 0.3) is 11.6 Å². The van der Waals surface area contributed by atoms with Crippen LogP contribution >= 0.6 is 11.8 Å². The highest BCUT2D eigenvalue weighted by molar-refractivity contribution is 7.98. The van der Waals surface area contributed by atoms with E-state index in [2.05, 4.69) is 5.32 Å². The van der Waals surface area contributed by atoms with Gasteiger partial charge in [0.2, 0.25) is 0 Å². The maximum Gasteiger partial charge on any atom is 0.283 e. The van der Waals surface area contributed by atoms with Crippen molar-refractivity contribution in [2.24, 2.45) is 0 Å². The largest absolute Gasteiger partial charge is 0.353 e. The predicted molar refractivity (Wildman–Crippen MR) is 112 cm³/mol. The van der Waals surface area contributed by atoms with Crippen LogP contribution in [-0.2, 0) is 6.54 Å². The summed E-state index contributed by atoms with van der Waals surface area (Å²) < 4.78 is 1.93. The number of thioether (sulfide) groups is 1. The molecule has 1 heterocycles. The van der Waals surface area contributed by atoms with E-state index in [0.29, 0.717) is 18.0 Å². The number of hydrogen-bond acceptors (Lipinski definition) is 5. The number of nitrogens with one attached hydrogen (secondary N) is 1. The van der Waals surface area contributed by atoms with Crippen molar-refractivity contribution in [3.05, 3.63) is 93.8 Å². The van der Waals surface area contributed by atoms with Crippen LogP contribution in [0.2, 0.25) is 0 Å². The van der Waals surface area contributed by atoms with Crippen LogP contribution in [0, 0.1) is 10.1 Å². The van der Waals surface area contributed by atoms with Crippen LogP contribution in [0.25, 0.3) is 0 Å². The summed E-state index contributed by atoms with van der Waals surface area (Å²) in [7, 11) is 0. The lowest BCUT2D eigenvalue weighted by molar-refractivity contribution is -0.387. The minimum absolute atomic E-state index is 0.128. The summed E-state index contributed by atoms with van der Waals surface area (Å²) in [6.45, 7) is 1.02. The normalized spacial score (nSPS) is 10.5. The average molecular weight is 409 g/mol. The summed E-state index contributed by atoms with van der Waals surface area (Å²) in [5.41, 5.74) is 0.484. The van der Waals surface area contributed by atoms with Gasteiger partial charge in [0.1, 0.15) is 0 Å². The molecule has 148 valence electrons. The van der Waals surface area contributed by atoms with Gasteiger partial charge in [0.05, 0.1) is 15.4 Å². The monoisotopic (exact) mass is 409 g/mol. The van der Waals surface area contributed by atoms with Gasteiger partial charge in [-0.2, -0.15) is 0 Å². The van der Waals surface area contributed by atoms with Crippen LogP contribution in [0.15, 0.2) is 71.9 Å². The van der Waals surface area contributed by atoms with Gasteiger partial charge in [-0.1, -0.05) is 18.2 Å². The molecular weight excluding hydrogens is 390 g/mol. The number of nitro groups is 1. The molecule has 0 atom stereocenters. The highest BCUT2D eigenvalue weighted by Gasteiger charge is 2.21. The van der Waals surface area contributed by atoms with E-state index in [1.807, 2.05) is 29.1 Å². The summed E-state index contributed by atoms with van der Waals surface area (Å²) in [4.78, 5) is 36.9. The number of carbonyl (C=O) groups excluding carboxylic acids is 2. The third-order valence-electron chi connectivity index (χ3n) is 4.38. The molecule has 0 bridgehead atoms. The Morgan fingerprint density at radius 3 is 2.41 bits per heavy atom. The van der Waals surface area contributed by atoms with Crippen LogP contribution in [0.3, 0.4) is 0 Å². The first-order valence-corrected chi connectivity index (χ1v) is 10.1. The molecule has 0 unspecified atom stereocenters. The van der Waals surface area contributed by atoms with Crippen molar-refractivity contribution < 1.29 is 14.5 Å². The standard InChI is InChI=1S/C21H19N3O4S/c1-29-19-9-8-15(14-18(19)24(27)28)20(25)16-6-2-3-7-17(16)21(26)22-10-13-23-11-4-5-12-23/h2-9,11-12,14H,10,13H2,1H3,(H,22,26). The van der Waals surface area contributed by atoms with Crippen molar-refractivity contribution >= 4 is 29.1 Å². The number of benzene rings is 2. The van der Waals surface area contributed by atoms with E-state index in [4.69, 9.17) is 0 Å². The molecule has 3 aromatic rings. The number of amides is 1. The summed E-state index contributed by atoms with van der Waals surface area (Å²) >= 11 is 1.24. The van der Waals surface area contributed by atoms with E-state index < -0.39 is 10.7 Å². The molecule has 0 saturated heterocycles. The van der Waals surface area contributed by atoms with Crippen LogP contribution in [0.4, 0.5) is 5.69 Å². The zero-order chi connectivity index (χ0) is 20.8. The maximum absolute atomic E-state index is 13.0. The maximum atomic E-state index is 13.0. The van der Waals surface area contributed by atoms with Crippen molar-refractivity contribution in [3.63, 3.8) is 0 Å². The molecule has 29 heavy (non-hydrogen) atoms. The van der Waals surface area contributed by atoms with Gasteiger partial charge in [-0.3, -0.25) is 19.7 Å². The van der Waals surface area contributed by atoms with Gasteiger partial charge >= 0.3 is 0 Å². The second-order valence-corrected chi connectivity index (χ2v) is 7.04. The molecule has 0 radical (unpaired) electrons. The SMILES string of the molecule is CSc1ccc(C(=O)c2ccccc2C(=O)NCCn2cccc2)cc1[N+](=O)[O-]. The fourth-order valence-electron chi connectivity index (χ4n) is 2.92. The molecule has 0 aliphatic heterocycles. The molecule has 1 aromatic heterocycles. The number of nitrogens with zero attached hydrogens (tertiary/aromatic N) is 2. The second kappa shape index (κ2) is 9.20. The van der Waals surface area contributed by atoms with Crippen molar-refractivity contribution in [1.82, 2.24) is 9.88 Å². The van der Waals surface area contributed by atoms with E-state index in [-0.39, 0.29) is 28.3 Å². The Morgan fingerprint density at radius 2 is 1.76 bits per heavy atom. The van der Waals surface area contributed by atoms with Crippen molar-refractivity contribution in [2.75, 3.05) is 12.8 Å². The number of nitro benzene ring substituents is 1. The highest BCUT2D eigenvalue weighted by Crippen LogP contribution is 2.29. The Morgan fingerprint density at radius 1 is 1.07 bits per heavy atom.